The number of halogens is 4. The van der Waals surface area contributed by atoms with Gasteiger partial charge in [-0.15, -0.1) is 0 Å². The van der Waals surface area contributed by atoms with Crippen LogP contribution in [0.4, 0.5) is 13.2 Å². The highest BCUT2D eigenvalue weighted by Gasteiger charge is 2.33. The number of pyridine rings is 2. The summed E-state index contributed by atoms with van der Waals surface area (Å²) in [5.41, 5.74) is -1.43. The first-order chi connectivity index (χ1) is 13.3. The first kappa shape index (κ1) is 18.5. The number of aromatic nitrogens is 4. The van der Waals surface area contributed by atoms with Crippen molar-refractivity contribution in [2.45, 2.75) is 12.7 Å². The van der Waals surface area contributed by atoms with Crippen LogP contribution in [0.15, 0.2) is 47.5 Å². The molecule has 0 saturated carbocycles. The number of hydrogen-bond acceptors (Lipinski definition) is 4. The summed E-state index contributed by atoms with van der Waals surface area (Å²) in [5.74, 6) is 0. The number of benzene rings is 1. The lowest BCUT2D eigenvalue weighted by atomic mass is 10.2. The van der Waals surface area contributed by atoms with Crippen LogP contribution in [0.25, 0.3) is 27.8 Å². The van der Waals surface area contributed by atoms with E-state index in [0.717, 1.165) is 10.6 Å². The second-order valence-corrected chi connectivity index (χ2v) is 6.42. The molecule has 0 aliphatic rings. The average Bonchev–Trinajstić information content (AvgIpc) is 3.07. The molecule has 6 nitrogen and oxygen atoms in total. The van der Waals surface area contributed by atoms with Crippen molar-refractivity contribution in [3.63, 3.8) is 0 Å². The standard InChI is InChI=1S/C18H12ClF3N4O2/c19-11-3-1-2-4-12(11)26-16-10(5-6-13(24-16)18(20,21)22)15-14(17(26)28)23-9-25(15)7-8-27/h1-6,9,27H,7-8H2. The molecule has 4 rings (SSSR count). The van der Waals surface area contributed by atoms with Crippen molar-refractivity contribution in [2.24, 2.45) is 0 Å². The molecule has 28 heavy (non-hydrogen) atoms. The van der Waals surface area contributed by atoms with E-state index >= 15 is 0 Å². The number of fused-ring (bicyclic) bond motifs is 3. The Morgan fingerprint density at radius 3 is 2.57 bits per heavy atom. The van der Waals surface area contributed by atoms with Crippen LogP contribution in [0, 0.1) is 0 Å². The molecule has 0 atom stereocenters. The van der Waals surface area contributed by atoms with E-state index in [1.807, 2.05) is 0 Å². The molecule has 0 fully saturated rings. The molecule has 0 spiro atoms. The molecule has 0 unspecified atom stereocenters. The number of rotatable bonds is 3. The molecule has 144 valence electrons. The molecule has 4 aromatic rings. The third-order valence-corrected chi connectivity index (χ3v) is 4.63. The zero-order chi connectivity index (χ0) is 20.1. The molecule has 10 heteroatoms. The summed E-state index contributed by atoms with van der Waals surface area (Å²) in [6.07, 6.45) is -3.33. The Kier molecular flexibility index (Phi) is 4.35. The van der Waals surface area contributed by atoms with Crippen molar-refractivity contribution in [1.82, 2.24) is 19.1 Å². The Hall–Kier alpha value is -2.91. The molecule has 0 saturated heterocycles. The molecular formula is C18H12ClF3N4O2. The van der Waals surface area contributed by atoms with E-state index in [2.05, 4.69) is 9.97 Å². The van der Waals surface area contributed by atoms with E-state index in [9.17, 15) is 23.1 Å². The van der Waals surface area contributed by atoms with Crippen LogP contribution in [0.2, 0.25) is 5.02 Å². The molecule has 3 heterocycles. The molecule has 0 radical (unpaired) electrons. The van der Waals surface area contributed by atoms with Gasteiger partial charge in [0.2, 0.25) is 0 Å². The molecule has 0 aliphatic carbocycles. The lowest BCUT2D eigenvalue weighted by Crippen LogP contribution is -2.22. The number of alkyl halides is 3. The lowest BCUT2D eigenvalue weighted by Gasteiger charge is -2.14. The summed E-state index contributed by atoms with van der Waals surface area (Å²) >= 11 is 6.20. The first-order valence-corrected chi connectivity index (χ1v) is 8.54. The second kappa shape index (κ2) is 6.61. The predicted molar refractivity (Wildman–Crippen MR) is 97.7 cm³/mol. The van der Waals surface area contributed by atoms with Crippen LogP contribution in [-0.4, -0.2) is 30.8 Å². The van der Waals surface area contributed by atoms with Crippen LogP contribution in [0.5, 0.6) is 0 Å². The maximum Gasteiger partial charge on any atom is 0.433 e. The fourth-order valence-corrected chi connectivity index (χ4v) is 3.34. The summed E-state index contributed by atoms with van der Waals surface area (Å²) in [4.78, 5) is 20.9. The van der Waals surface area contributed by atoms with Gasteiger partial charge in [-0.2, -0.15) is 13.2 Å². The Morgan fingerprint density at radius 1 is 1.14 bits per heavy atom. The predicted octanol–water partition coefficient (Wildman–Crippen LogP) is 3.40. The molecular weight excluding hydrogens is 397 g/mol. The molecule has 0 amide bonds. The van der Waals surface area contributed by atoms with Crippen molar-refractivity contribution in [2.75, 3.05) is 6.61 Å². The SMILES string of the molecule is O=c1c2ncn(CCO)c2c2ccc(C(F)(F)F)nc2n1-c1ccccc1Cl. The summed E-state index contributed by atoms with van der Waals surface area (Å²) in [6.45, 7) is -0.100. The minimum atomic E-state index is -4.68. The van der Waals surface area contributed by atoms with Crippen LogP contribution in [0.3, 0.4) is 0 Å². The quantitative estimate of drug-likeness (QED) is 0.564. The van der Waals surface area contributed by atoms with E-state index in [0.29, 0.717) is 5.52 Å². The third-order valence-electron chi connectivity index (χ3n) is 4.31. The number of nitrogens with zero attached hydrogens (tertiary/aromatic N) is 4. The highest BCUT2D eigenvalue weighted by atomic mass is 35.5. The number of imidazole rings is 1. The van der Waals surface area contributed by atoms with E-state index in [4.69, 9.17) is 11.6 Å². The summed E-state index contributed by atoms with van der Waals surface area (Å²) in [5, 5.41) is 9.71. The van der Waals surface area contributed by atoms with Crippen molar-refractivity contribution in [3.05, 3.63) is 63.8 Å². The summed E-state index contributed by atoms with van der Waals surface area (Å²) in [6, 6.07) is 8.39. The average molecular weight is 409 g/mol. The highest BCUT2D eigenvalue weighted by molar-refractivity contribution is 6.32. The number of para-hydroxylation sites is 1. The Balaban J connectivity index is 2.22. The zero-order valence-electron chi connectivity index (χ0n) is 14.1. The normalized spacial score (nSPS) is 12.2. The van der Waals surface area contributed by atoms with Gasteiger partial charge in [-0.05, 0) is 24.3 Å². The Bertz CT molecular complexity index is 1260. The van der Waals surface area contributed by atoms with Gasteiger partial charge in [0, 0.05) is 11.9 Å². The Morgan fingerprint density at radius 2 is 1.89 bits per heavy atom. The topological polar surface area (TPSA) is 72.9 Å². The van der Waals surface area contributed by atoms with Gasteiger partial charge in [-0.25, -0.2) is 9.97 Å². The van der Waals surface area contributed by atoms with Crippen LogP contribution >= 0.6 is 11.6 Å². The summed E-state index contributed by atoms with van der Waals surface area (Å²) < 4.78 is 42.3. The number of hydrogen-bond donors (Lipinski definition) is 1. The molecule has 3 aromatic heterocycles. The molecule has 1 aromatic carbocycles. The monoisotopic (exact) mass is 408 g/mol. The van der Waals surface area contributed by atoms with Gasteiger partial charge < -0.3 is 9.67 Å². The number of aliphatic hydroxyl groups is 1. The van der Waals surface area contributed by atoms with Gasteiger partial charge in [0.15, 0.2) is 5.52 Å². The second-order valence-electron chi connectivity index (χ2n) is 6.02. The number of aliphatic hydroxyl groups excluding tert-OH is 1. The Labute approximate surface area is 160 Å². The lowest BCUT2D eigenvalue weighted by molar-refractivity contribution is -0.141. The maximum absolute atomic E-state index is 13.3. The van der Waals surface area contributed by atoms with E-state index < -0.39 is 17.4 Å². The van der Waals surface area contributed by atoms with Crippen molar-refractivity contribution in [1.29, 1.82) is 0 Å². The minimum Gasteiger partial charge on any atom is -0.395 e. The van der Waals surface area contributed by atoms with E-state index in [1.54, 1.807) is 12.1 Å². The van der Waals surface area contributed by atoms with Crippen molar-refractivity contribution < 1.29 is 18.3 Å². The van der Waals surface area contributed by atoms with Crippen LogP contribution in [0.1, 0.15) is 5.69 Å². The first-order valence-electron chi connectivity index (χ1n) is 8.16. The van der Waals surface area contributed by atoms with E-state index in [-0.39, 0.29) is 40.4 Å². The van der Waals surface area contributed by atoms with Gasteiger partial charge in [-0.1, -0.05) is 23.7 Å². The van der Waals surface area contributed by atoms with Gasteiger partial charge in [0.05, 0.1) is 29.2 Å². The fraction of sp³-hybridized carbons (Fsp3) is 0.167. The van der Waals surface area contributed by atoms with Crippen LogP contribution in [-0.2, 0) is 12.7 Å². The van der Waals surface area contributed by atoms with Gasteiger partial charge in [0.1, 0.15) is 11.3 Å². The van der Waals surface area contributed by atoms with E-state index in [1.165, 1.54) is 29.1 Å². The molecule has 0 bridgehead atoms. The highest BCUT2D eigenvalue weighted by Crippen LogP contribution is 2.32. The van der Waals surface area contributed by atoms with Crippen molar-refractivity contribution >= 4 is 33.7 Å². The largest absolute Gasteiger partial charge is 0.433 e. The third kappa shape index (κ3) is 2.83. The smallest absolute Gasteiger partial charge is 0.395 e. The van der Waals surface area contributed by atoms with Gasteiger partial charge in [-0.3, -0.25) is 9.36 Å². The van der Waals surface area contributed by atoms with Crippen molar-refractivity contribution in [3.8, 4) is 5.69 Å². The zero-order valence-corrected chi connectivity index (χ0v) is 14.9. The minimum absolute atomic E-state index is 0.0439. The maximum atomic E-state index is 13.3. The van der Waals surface area contributed by atoms with Gasteiger partial charge in [0.25, 0.3) is 5.56 Å². The molecule has 0 aliphatic heterocycles. The molecule has 1 N–H and O–H groups in total. The summed E-state index contributed by atoms with van der Waals surface area (Å²) in [7, 11) is 0. The van der Waals surface area contributed by atoms with Gasteiger partial charge >= 0.3 is 6.18 Å². The fourth-order valence-electron chi connectivity index (χ4n) is 3.12. The van der Waals surface area contributed by atoms with Crippen LogP contribution < -0.4 is 5.56 Å².